The molecule has 5 heteroatoms. The van der Waals surface area contributed by atoms with Crippen molar-refractivity contribution in [2.75, 3.05) is 6.54 Å². The second-order valence-corrected chi connectivity index (χ2v) is 1.41. The van der Waals surface area contributed by atoms with Crippen LogP contribution >= 0.6 is 0 Å². The molecular weight excluding hydrogens is 133 g/mol. The van der Waals surface area contributed by atoms with E-state index in [0.717, 1.165) is 0 Å². The van der Waals surface area contributed by atoms with E-state index in [1.165, 1.54) is 0 Å². The van der Waals surface area contributed by atoms with Crippen molar-refractivity contribution in [3.8, 4) is 0 Å². The van der Waals surface area contributed by atoms with Gasteiger partial charge in [0.15, 0.2) is 0 Å². The van der Waals surface area contributed by atoms with Crippen molar-refractivity contribution in [2.45, 2.75) is 12.5 Å². The molecule has 4 nitrogen and oxygen atoms in total. The Labute approximate surface area is 75.3 Å². The van der Waals surface area contributed by atoms with Crippen LogP contribution in [0.5, 0.6) is 0 Å². The Balaban J connectivity index is 0. The molecule has 0 saturated carbocycles. The number of hydrogen-bond donors (Lipinski definition) is 2. The predicted octanol–water partition coefficient (Wildman–Crippen LogP) is -5.55. The number of nitrogens with two attached hydrogens (primary N) is 1. The first-order valence-corrected chi connectivity index (χ1v) is 2.27. The molecule has 0 aliphatic heterocycles. The number of carboxylic acid groups (broad SMARTS) is 1. The summed E-state index contributed by atoms with van der Waals surface area (Å²) in [5.74, 6) is -1.46. The van der Waals surface area contributed by atoms with Gasteiger partial charge in [-0.3, -0.25) is 0 Å². The van der Waals surface area contributed by atoms with E-state index >= 15 is 0 Å². The molecule has 1 atom stereocenters. The molecule has 0 aromatic rings. The summed E-state index contributed by atoms with van der Waals surface area (Å²) in [7, 11) is 0. The quantitative estimate of drug-likeness (QED) is 0.384. The Bertz CT molecular complexity index is 87.9. The number of aliphatic hydroxyl groups excluding tert-OH is 1. The maximum Gasteiger partial charge on any atom is 1.00 e. The zero-order chi connectivity index (χ0) is 6.57. The van der Waals surface area contributed by atoms with Gasteiger partial charge >= 0.3 is 29.6 Å². The van der Waals surface area contributed by atoms with Gasteiger partial charge in [-0.05, 0) is 13.0 Å². The normalized spacial score (nSPS) is 11.8. The Kier molecular flexibility index (Phi) is 8.75. The molecule has 0 saturated heterocycles. The van der Waals surface area contributed by atoms with E-state index in [2.05, 4.69) is 0 Å². The molecule has 0 aromatic heterocycles. The zero-order valence-electron chi connectivity index (χ0n) is 5.33. The molecule has 0 aliphatic rings. The third-order valence-corrected chi connectivity index (χ3v) is 0.712. The molecule has 9 heavy (non-hydrogen) atoms. The monoisotopic (exact) mass is 141 g/mol. The first-order chi connectivity index (χ1) is 3.68. The van der Waals surface area contributed by atoms with Gasteiger partial charge in [0.25, 0.3) is 0 Å². The Morgan fingerprint density at radius 2 is 2.22 bits per heavy atom. The number of aliphatic hydroxyl groups is 1. The van der Waals surface area contributed by atoms with Crippen LogP contribution in [0, 0.1) is 0 Å². The van der Waals surface area contributed by atoms with Crippen molar-refractivity contribution in [1.29, 1.82) is 0 Å². The molecule has 0 heterocycles. The number of carboxylic acids is 1. The maximum absolute atomic E-state index is 9.67. The summed E-state index contributed by atoms with van der Waals surface area (Å²) in [6.45, 7) is 0.162. The standard InChI is InChI=1S/C4H9NO3.Na/c5-2-1-3(6)4(7)8;/h3,6H,1-2,5H2,(H,7,8);/q;+1/p-1. The Hall–Kier alpha value is 0.390. The van der Waals surface area contributed by atoms with Crippen molar-refractivity contribution in [2.24, 2.45) is 5.73 Å². The first kappa shape index (κ1) is 12.1. The topological polar surface area (TPSA) is 86.4 Å². The number of rotatable bonds is 3. The maximum atomic E-state index is 9.67. The van der Waals surface area contributed by atoms with Crippen molar-refractivity contribution < 1.29 is 44.6 Å². The molecule has 0 aliphatic carbocycles. The molecule has 0 bridgehead atoms. The summed E-state index contributed by atoms with van der Waals surface area (Å²) >= 11 is 0. The van der Waals surface area contributed by atoms with Gasteiger partial charge in [-0.1, -0.05) is 0 Å². The molecule has 1 unspecified atom stereocenters. The minimum absolute atomic E-state index is 0. The first-order valence-electron chi connectivity index (χ1n) is 2.27. The average Bonchev–Trinajstić information content (AvgIpc) is 1.67. The van der Waals surface area contributed by atoms with Crippen LogP contribution in [0.25, 0.3) is 0 Å². The molecule has 0 fully saturated rings. The summed E-state index contributed by atoms with van der Waals surface area (Å²) in [6, 6.07) is 0. The van der Waals surface area contributed by atoms with Gasteiger partial charge in [0.05, 0.1) is 12.1 Å². The molecule has 0 spiro atoms. The van der Waals surface area contributed by atoms with Crippen molar-refractivity contribution in [3.63, 3.8) is 0 Å². The molecule has 48 valence electrons. The minimum atomic E-state index is -1.46. The molecular formula is C4H8NNaO3. The SMILES string of the molecule is NCCC(O)C(=O)[O-].[Na+]. The Morgan fingerprint density at radius 1 is 1.78 bits per heavy atom. The van der Waals surface area contributed by atoms with Gasteiger partial charge in [-0.15, -0.1) is 0 Å². The second-order valence-electron chi connectivity index (χ2n) is 1.41. The second kappa shape index (κ2) is 6.51. The van der Waals surface area contributed by atoms with E-state index in [9.17, 15) is 9.90 Å². The van der Waals surface area contributed by atoms with Crippen LogP contribution < -0.4 is 40.4 Å². The van der Waals surface area contributed by atoms with Crippen LogP contribution in [0.1, 0.15) is 6.42 Å². The van der Waals surface area contributed by atoms with Crippen LogP contribution in [0.3, 0.4) is 0 Å². The molecule has 0 amide bonds. The van der Waals surface area contributed by atoms with Crippen LogP contribution in [-0.2, 0) is 4.79 Å². The van der Waals surface area contributed by atoms with Gasteiger partial charge in [0.2, 0.25) is 0 Å². The Morgan fingerprint density at radius 3 is 2.33 bits per heavy atom. The van der Waals surface area contributed by atoms with Crippen LogP contribution in [0.4, 0.5) is 0 Å². The summed E-state index contributed by atoms with van der Waals surface area (Å²) in [6.07, 6.45) is -1.34. The number of hydrogen-bond acceptors (Lipinski definition) is 4. The van der Waals surface area contributed by atoms with Gasteiger partial charge in [0, 0.05) is 0 Å². The number of carbonyl (C=O) groups is 1. The third-order valence-electron chi connectivity index (χ3n) is 0.712. The van der Waals surface area contributed by atoms with Crippen LogP contribution in [0.15, 0.2) is 0 Å². The number of carbonyl (C=O) groups excluding carboxylic acids is 1. The smallest absolute Gasteiger partial charge is 0.547 e. The summed E-state index contributed by atoms with van der Waals surface area (Å²) in [5, 5.41) is 18.1. The van der Waals surface area contributed by atoms with E-state index in [1.807, 2.05) is 0 Å². The van der Waals surface area contributed by atoms with Crippen molar-refractivity contribution in [1.82, 2.24) is 0 Å². The summed E-state index contributed by atoms with van der Waals surface area (Å²) in [5.41, 5.74) is 4.92. The molecule has 3 N–H and O–H groups in total. The summed E-state index contributed by atoms with van der Waals surface area (Å²) < 4.78 is 0. The fourth-order valence-corrected chi connectivity index (χ4v) is 0.276. The fraction of sp³-hybridized carbons (Fsp3) is 0.750. The number of aliphatic carboxylic acids is 1. The molecule has 0 radical (unpaired) electrons. The van der Waals surface area contributed by atoms with E-state index < -0.39 is 12.1 Å². The van der Waals surface area contributed by atoms with Crippen molar-refractivity contribution >= 4 is 5.97 Å². The fourth-order valence-electron chi connectivity index (χ4n) is 0.276. The van der Waals surface area contributed by atoms with E-state index in [0.29, 0.717) is 0 Å². The minimum Gasteiger partial charge on any atom is -0.547 e. The van der Waals surface area contributed by atoms with Crippen molar-refractivity contribution in [3.05, 3.63) is 0 Å². The predicted molar refractivity (Wildman–Crippen MR) is 24.7 cm³/mol. The third kappa shape index (κ3) is 6.27. The van der Waals surface area contributed by atoms with Gasteiger partial charge in [-0.2, -0.15) is 0 Å². The van der Waals surface area contributed by atoms with Crippen LogP contribution in [0.2, 0.25) is 0 Å². The molecule has 0 rings (SSSR count). The van der Waals surface area contributed by atoms with Gasteiger partial charge < -0.3 is 20.7 Å². The van der Waals surface area contributed by atoms with E-state index in [4.69, 9.17) is 10.8 Å². The molecule has 0 aromatic carbocycles. The van der Waals surface area contributed by atoms with E-state index in [1.54, 1.807) is 0 Å². The largest absolute Gasteiger partial charge is 1.00 e. The average molecular weight is 141 g/mol. The van der Waals surface area contributed by atoms with Gasteiger partial charge in [0.1, 0.15) is 0 Å². The van der Waals surface area contributed by atoms with Crippen LogP contribution in [-0.4, -0.2) is 23.7 Å². The van der Waals surface area contributed by atoms with E-state index in [-0.39, 0.29) is 42.5 Å². The summed E-state index contributed by atoms with van der Waals surface area (Å²) in [4.78, 5) is 9.67. The van der Waals surface area contributed by atoms with Gasteiger partial charge in [-0.25, -0.2) is 0 Å². The zero-order valence-corrected chi connectivity index (χ0v) is 7.33.